The van der Waals surface area contributed by atoms with Gasteiger partial charge in [-0.3, -0.25) is 14.6 Å². The minimum absolute atomic E-state index is 0.0327. The molecule has 0 radical (unpaired) electrons. The lowest BCUT2D eigenvalue weighted by Gasteiger charge is -2.35. The maximum absolute atomic E-state index is 13.0. The normalized spacial score (nSPS) is 14.6. The van der Waals surface area contributed by atoms with Crippen LogP contribution in [0.4, 0.5) is 5.95 Å². The molecule has 3 heterocycles. The zero-order chi connectivity index (χ0) is 23.9. The Labute approximate surface area is 196 Å². The number of benzene rings is 2. The minimum Gasteiger partial charge on any atom is -0.339 e. The molecule has 0 bridgehead atoms. The Hall–Kier alpha value is -4.01. The summed E-state index contributed by atoms with van der Waals surface area (Å²) in [5.41, 5.74) is 1.69. The van der Waals surface area contributed by atoms with Crippen LogP contribution in [0.5, 0.6) is 0 Å². The number of nitrogens with zero attached hydrogens (tertiary/aromatic N) is 5. The number of piperazine rings is 1. The molecule has 174 valence electrons. The summed E-state index contributed by atoms with van der Waals surface area (Å²) in [4.78, 5) is 41.2. The molecule has 2 aromatic carbocycles. The van der Waals surface area contributed by atoms with E-state index in [1.165, 1.54) is 0 Å². The molecule has 1 saturated heterocycles. The molecule has 0 spiro atoms. The first-order valence-electron chi connectivity index (χ1n) is 11.3. The highest BCUT2D eigenvalue weighted by Crippen LogP contribution is 2.24. The summed E-state index contributed by atoms with van der Waals surface area (Å²) in [6.07, 6.45) is 0. The largest absolute Gasteiger partial charge is 0.339 e. The molecule has 4 aromatic rings. The second kappa shape index (κ2) is 8.40. The molecule has 5 rings (SSSR count). The fraction of sp³-hybridized carbons (Fsp3) is 0.320. The van der Waals surface area contributed by atoms with Crippen molar-refractivity contribution in [1.82, 2.24) is 25.0 Å². The number of anilines is 1. The number of aromatic amines is 1. The Morgan fingerprint density at radius 1 is 0.971 bits per heavy atom. The molecule has 1 amide bonds. The van der Waals surface area contributed by atoms with Gasteiger partial charge in [0.2, 0.25) is 17.7 Å². The van der Waals surface area contributed by atoms with E-state index in [4.69, 9.17) is 4.52 Å². The van der Waals surface area contributed by atoms with Gasteiger partial charge in [0, 0.05) is 42.7 Å². The number of hydrogen-bond donors (Lipinski definition) is 1. The molecular formula is C25H26N6O3. The molecule has 9 heteroatoms. The maximum atomic E-state index is 13.0. The highest BCUT2D eigenvalue weighted by Gasteiger charge is 2.25. The van der Waals surface area contributed by atoms with Gasteiger partial charge in [-0.15, -0.1) is 0 Å². The third-order valence-electron chi connectivity index (χ3n) is 5.92. The van der Waals surface area contributed by atoms with Crippen LogP contribution < -0.4 is 10.5 Å². The van der Waals surface area contributed by atoms with Crippen LogP contribution in [0, 0.1) is 0 Å². The zero-order valence-electron chi connectivity index (χ0n) is 19.4. The average molecular weight is 459 g/mol. The van der Waals surface area contributed by atoms with Crippen LogP contribution in [0.15, 0.2) is 57.8 Å². The predicted molar refractivity (Wildman–Crippen MR) is 129 cm³/mol. The molecule has 9 nitrogen and oxygen atoms in total. The first-order chi connectivity index (χ1) is 16.3. The van der Waals surface area contributed by atoms with E-state index >= 15 is 0 Å². The van der Waals surface area contributed by atoms with Crippen molar-refractivity contribution in [1.29, 1.82) is 0 Å². The van der Waals surface area contributed by atoms with Gasteiger partial charge in [-0.25, -0.2) is 4.98 Å². The van der Waals surface area contributed by atoms with Crippen LogP contribution in [0.2, 0.25) is 0 Å². The van der Waals surface area contributed by atoms with Crippen molar-refractivity contribution in [3.63, 3.8) is 0 Å². The Balaban J connectivity index is 1.25. The second-order valence-electron chi connectivity index (χ2n) is 9.44. The third kappa shape index (κ3) is 4.16. The van der Waals surface area contributed by atoms with Crippen molar-refractivity contribution in [3.05, 3.63) is 70.3 Å². The first-order valence-corrected chi connectivity index (χ1v) is 11.3. The number of H-pyrrole nitrogens is 1. The van der Waals surface area contributed by atoms with E-state index in [9.17, 15) is 9.59 Å². The summed E-state index contributed by atoms with van der Waals surface area (Å²) < 4.78 is 5.37. The Morgan fingerprint density at radius 3 is 2.35 bits per heavy atom. The summed E-state index contributed by atoms with van der Waals surface area (Å²) in [5, 5.41) is 4.63. The Bertz CT molecular complexity index is 1390. The summed E-state index contributed by atoms with van der Waals surface area (Å²) in [5.74, 6) is 1.58. The van der Waals surface area contributed by atoms with Crippen molar-refractivity contribution >= 4 is 22.8 Å². The first kappa shape index (κ1) is 21.8. The van der Waals surface area contributed by atoms with Crippen molar-refractivity contribution < 1.29 is 9.32 Å². The van der Waals surface area contributed by atoms with E-state index < -0.39 is 0 Å². The Morgan fingerprint density at radius 2 is 1.68 bits per heavy atom. The average Bonchev–Trinajstić information content (AvgIpc) is 3.35. The molecule has 0 saturated carbocycles. The zero-order valence-corrected chi connectivity index (χ0v) is 19.4. The molecule has 2 aromatic heterocycles. The van der Waals surface area contributed by atoms with E-state index in [1.807, 2.05) is 60.9 Å². The smallest absolute Gasteiger partial charge is 0.260 e. The van der Waals surface area contributed by atoms with E-state index in [0.717, 1.165) is 5.56 Å². The lowest BCUT2D eigenvalue weighted by Crippen LogP contribution is -2.49. The standard InChI is InChI=1S/C25H26N6O3/c1-25(2,3)23-27-20(29-34-23)16-8-10-17(11-9-16)22(33)30-12-14-31(15-13-30)24-26-19-7-5-4-6-18(19)21(32)28-24/h4-11H,12-15H2,1-3H3,(H,26,28,32). The molecule has 0 unspecified atom stereocenters. The molecule has 1 N–H and O–H groups in total. The fourth-order valence-electron chi connectivity index (χ4n) is 3.93. The van der Waals surface area contributed by atoms with Crippen molar-refractivity contribution in [2.45, 2.75) is 26.2 Å². The number of nitrogens with one attached hydrogen (secondary N) is 1. The summed E-state index contributed by atoms with van der Waals surface area (Å²) in [6, 6.07) is 14.5. The molecule has 1 aliphatic heterocycles. The van der Waals surface area contributed by atoms with E-state index in [-0.39, 0.29) is 16.9 Å². The fourth-order valence-corrected chi connectivity index (χ4v) is 3.93. The molecule has 34 heavy (non-hydrogen) atoms. The summed E-state index contributed by atoms with van der Waals surface area (Å²) in [7, 11) is 0. The number of hydrogen-bond acceptors (Lipinski definition) is 7. The molecule has 0 aliphatic carbocycles. The number of amides is 1. The quantitative estimate of drug-likeness (QED) is 0.502. The summed E-state index contributed by atoms with van der Waals surface area (Å²) in [6.45, 7) is 8.29. The van der Waals surface area contributed by atoms with E-state index in [0.29, 0.717) is 60.3 Å². The van der Waals surface area contributed by atoms with Crippen molar-refractivity contribution in [2.24, 2.45) is 0 Å². The highest BCUT2D eigenvalue weighted by molar-refractivity contribution is 5.94. The van der Waals surface area contributed by atoms with Gasteiger partial charge in [0.05, 0.1) is 10.9 Å². The number of aromatic nitrogens is 4. The number of rotatable bonds is 3. The van der Waals surface area contributed by atoms with Crippen molar-refractivity contribution in [2.75, 3.05) is 31.1 Å². The molecule has 1 fully saturated rings. The Kier molecular flexibility index (Phi) is 5.39. The van der Waals surface area contributed by atoms with E-state index in [2.05, 4.69) is 20.1 Å². The second-order valence-corrected chi connectivity index (χ2v) is 9.44. The molecule has 1 aliphatic rings. The SMILES string of the molecule is CC(C)(C)c1nc(-c2ccc(C(=O)N3CCN(c4nc5ccccc5c(=O)[nH]4)CC3)cc2)no1. The minimum atomic E-state index is -0.224. The van der Waals surface area contributed by atoms with Crippen LogP contribution >= 0.6 is 0 Å². The highest BCUT2D eigenvalue weighted by atomic mass is 16.5. The van der Waals surface area contributed by atoms with E-state index in [1.54, 1.807) is 18.2 Å². The lowest BCUT2D eigenvalue weighted by molar-refractivity contribution is 0.0746. The van der Waals surface area contributed by atoms with Gasteiger partial charge in [-0.2, -0.15) is 4.98 Å². The maximum Gasteiger partial charge on any atom is 0.260 e. The van der Waals surface area contributed by atoms with Gasteiger partial charge in [0.25, 0.3) is 11.5 Å². The number of para-hydroxylation sites is 1. The van der Waals surface area contributed by atoms with Crippen LogP contribution in [0.3, 0.4) is 0 Å². The topological polar surface area (TPSA) is 108 Å². The number of carbonyl (C=O) groups excluding carboxylic acids is 1. The van der Waals surface area contributed by atoms with Gasteiger partial charge in [0.1, 0.15) is 0 Å². The summed E-state index contributed by atoms with van der Waals surface area (Å²) >= 11 is 0. The van der Waals surface area contributed by atoms with Gasteiger partial charge < -0.3 is 14.3 Å². The van der Waals surface area contributed by atoms with Crippen molar-refractivity contribution in [3.8, 4) is 11.4 Å². The third-order valence-corrected chi connectivity index (χ3v) is 5.92. The van der Waals surface area contributed by atoms with Crippen LogP contribution in [0.25, 0.3) is 22.3 Å². The van der Waals surface area contributed by atoms with Gasteiger partial charge in [-0.1, -0.05) is 50.2 Å². The van der Waals surface area contributed by atoms with Gasteiger partial charge >= 0.3 is 0 Å². The van der Waals surface area contributed by atoms with Gasteiger partial charge in [0.15, 0.2) is 0 Å². The molecular weight excluding hydrogens is 432 g/mol. The predicted octanol–water partition coefficient (Wildman–Crippen LogP) is 3.23. The van der Waals surface area contributed by atoms with Crippen LogP contribution in [-0.4, -0.2) is 57.1 Å². The number of fused-ring (bicyclic) bond motifs is 1. The van der Waals surface area contributed by atoms with Crippen LogP contribution in [0.1, 0.15) is 37.0 Å². The lowest BCUT2D eigenvalue weighted by atomic mass is 9.97. The van der Waals surface area contributed by atoms with Crippen LogP contribution in [-0.2, 0) is 5.41 Å². The molecule has 0 atom stereocenters. The van der Waals surface area contributed by atoms with Gasteiger partial charge in [-0.05, 0) is 24.3 Å². The number of carbonyl (C=O) groups is 1. The monoisotopic (exact) mass is 458 g/mol.